The van der Waals surface area contributed by atoms with Crippen molar-refractivity contribution >= 4 is 5.78 Å². The third-order valence-electron chi connectivity index (χ3n) is 12.2. The standard InChI is InChI=1S/C10H20O.C10H22O.2C9H20O.C9H20.C8H16O2.C8H18O.6CH4/c1-9(2)10(8-11-3)6-4-5-7-10;1-8(2)10(5,6)7-11-9(3)4;1-7(2)6-9(5)10-8(3)4;1-8(2)6-5-7-10-9(3)4;1-8(2)6-5-7-9(3)4;1-6(2)8(9)5-10-7(3)4;1-7(2)5-6-9-8(3)4;;;;;;/h9H,4-8H2,1-3H3;8-9H,7H2,1-6H3;7-9H,6H2,1-5H3;8-9H,5-7H2,1-4H3;8-9H,5-7H2,1-4H3;6-7H,5H2,1-4H3;7-8H,5-6H2,1-4H3;6*1H4. The highest BCUT2D eigenvalue weighted by molar-refractivity contribution is 5.81. The smallest absolute Gasteiger partial charge is 0.160 e. The van der Waals surface area contributed by atoms with Crippen LogP contribution in [-0.2, 0) is 33.2 Å². The second kappa shape index (κ2) is 65.2. The first-order valence-corrected chi connectivity index (χ1v) is 29.1. The number of Topliss-reactive ketones (excluding diaryl/α,β-unsaturated/α-hetero) is 1. The van der Waals surface area contributed by atoms with Crippen molar-refractivity contribution < 1.29 is 33.2 Å². The van der Waals surface area contributed by atoms with Crippen molar-refractivity contribution in [3.05, 3.63) is 0 Å². The van der Waals surface area contributed by atoms with Gasteiger partial charge < -0.3 is 28.4 Å². The highest BCUT2D eigenvalue weighted by Gasteiger charge is 2.36. The molecule has 0 saturated heterocycles. The first-order valence-electron chi connectivity index (χ1n) is 29.1. The fraction of sp³-hybridized carbons (Fsp3) is 0.986. The van der Waals surface area contributed by atoms with Gasteiger partial charge in [0.05, 0.1) is 49.8 Å². The predicted octanol–water partition coefficient (Wildman–Crippen LogP) is 23.0. The number of ketones is 1. The minimum Gasteiger partial charge on any atom is -0.384 e. The van der Waals surface area contributed by atoms with E-state index in [0.717, 1.165) is 68.4 Å². The summed E-state index contributed by atoms with van der Waals surface area (Å²) >= 11 is 0. The molecule has 1 aliphatic rings. The van der Waals surface area contributed by atoms with Crippen molar-refractivity contribution in [1.82, 2.24) is 0 Å². The summed E-state index contributed by atoms with van der Waals surface area (Å²) in [5.41, 5.74) is 0.832. The maximum absolute atomic E-state index is 10.9. The van der Waals surface area contributed by atoms with Gasteiger partial charge in [0, 0.05) is 26.2 Å². The molecule has 76 heavy (non-hydrogen) atoms. The zero-order valence-corrected chi connectivity index (χ0v) is 53.8. The largest absolute Gasteiger partial charge is 0.384 e. The molecule has 0 aromatic rings. The SMILES string of the molecule is C.C.C.C.C.C.CC(C)CC(C)OC(C)C.CC(C)CCCC(C)C.CC(C)CCCOC(C)C.CC(C)CCOC(C)C.CC(C)OCC(=O)C(C)C.CC(C)OCC(C)(C)C(C)C.COCC1(C(C)C)CCCC1. The summed E-state index contributed by atoms with van der Waals surface area (Å²) in [7, 11) is 1.82. The first kappa shape index (κ1) is 104. The van der Waals surface area contributed by atoms with E-state index in [0.29, 0.717) is 47.3 Å². The molecule has 1 aliphatic carbocycles. The van der Waals surface area contributed by atoms with Crippen LogP contribution in [0, 0.1) is 58.2 Å². The molecule has 7 nitrogen and oxygen atoms in total. The maximum atomic E-state index is 10.9. The topological polar surface area (TPSA) is 72.5 Å². The summed E-state index contributed by atoms with van der Waals surface area (Å²) in [5.74, 6) is 5.85. The molecule has 0 heterocycles. The normalized spacial score (nSPS) is 12.8. The highest BCUT2D eigenvalue weighted by atomic mass is 16.5. The second-order valence-corrected chi connectivity index (χ2v) is 25.5. The molecule has 1 fully saturated rings. The van der Waals surface area contributed by atoms with E-state index < -0.39 is 0 Å². The molecular formula is C69H160O7. The van der Waals surface area contributed by atoms with Gasteiger partial charge in [-0.15, -0.1) is 0 Å². The van der Waals surface area contributed by atoms with Crippen LogP contribution >= 0.6 is 0 Å². The van der Waals surface area contributed by atoms with Crippen molar-refractivity contribution in [2.24, 2.45) is 58.2 Å². The third kappa shape index (κ3) is 87.3. The van der Waals surface area contributed by atoms with Crippen molar-refractivity contribution in [2.45, 2.75) is 353 Å². The average Bonchev–Trinajstić information content (AvgIpc) is 3.68. The van der Waals surface area contributed by atoms with Gasteiger partial charge in [-0.3, -0.25) is 4.79 Å². The number of hydrogen-bond donors (Lipinski definition) is 0. The lowest BCUT2D eigenvalue weighted by molar-refractivity contribution is -0.127. The Balaban J connectivity index is -0.0000000621. The number of carbonyl (C=O) groups is 1. The Kier molecular flexibility index (Phi) is 89.2. The van der Waals surface area contributed by atoms with Crippen LogP contribution in [0.3, 0.4) is 0 Å². The van der Waals surface area contributed by atoms with Crippen molar-refractivity contribution in [2.75, 3.05) is 40.1 Å². The van der Waals surface area contributed by atoms with Gasteiger partial charge in [0.25, 0.3) is 0 Å². The van der Waals surface area contributed by atoms with Crippen molar-refractivity contribution in [3.63, 3.8) is 0 Å². The molecule has 0 aromatic carbocycles. The summed E-state index contributed by atoms with van der Waals surface area (Å²) < 4.78 is 32.3. The molecule has 0 aliphatic heterocycles. The molecular weight excluding hydrogens is 941 g/mol. The van der Waals surface area contributed by atoms with Crippen LogP contribution < -0.4 is 0 Å². The number of ether oxygens (including phenoxy) is 6. The van der Waals surface area contributed by atoms with Crippen LogP contribution in [0.1, 0.15) is 316 Å². The highest BCUT2D eigenvalue weighted by Crippen LogP contribution is 2.44. The maximum Gasteiger partial charge on any atom is 0.160 e. The zero-order valence-electron chi connectivity index (χ0n) is 53.8. The molecule has 0 spiro atoms. The van der Waals surface area contributed by atoms with Crippen LogP contribution in [0.2, 0.25) is 0 Å². The average molecular weight is 1100 g/mol. The Hall–Kier alpha value is -0.570. The van der Waals surface area contributed by atoms with E-state index >= 15 is 0 Å². The summed E-state index contributed by atoms with van der Waals surface area (Å²) in [6.07, 6.45) is 16.7. The molecule has 0 bridgehead atoms. The quantitative estimate of drug-likeness (QED) is 0.0723. The molecule has 1 rings (SSSR count). The molecule has 0 amide bonds. The molecule has 1 atom stereocenters. The molecule has 0 aromatic heterocycles. The van der Waals surface area contributed by atoms with E-state index in [1.165, 1.54) is 64.2 Å². The summed E-state index contributed by atoms with van der Waals surface area (Å²) in [5, 5.41) is 0. The predicted molar refractivity (Wildman–Crippen MR) is 353 cm³/mol. The number of rotatable bonds is 28. The number of hydrogen-bond acceptors (Lipinski definition) is 7. The van der Waals surface area contributed by atoms with Crippen molar-refractivity contribution in [3.8, 4) is 0 Å². The minimum absolute atomic E-state index is 0. The van der Waals surface area contributed by atoms with E-state index in [1.807, 2.05) is 34.8 Å². The van der Waals surface area contributed by atoms with E-state index in [2.05, 4.69) is 173 Å². The molecule has 1 unspecified atom stereocenters. The molecule has 478 valence electrons. The van der Waals surface area contributed by atoms with Crippen LogP contribution in [0.5, 0.6) is 0 Å². The molecule has 0 N–H and O–H groups in total. The van der Waals surface area contributed by atoms with E-state index in [9.17, 15) is 4.79 Å². The van der Waals surface area contributed by atoms with Gasteiger partial charge in [0.15, 0.2) is 5.78 Å². The first-order chi connectivity index (χ1) is 32.0. The minimum atomic E-state index is 0. The molecule has 1 saturated carbocycles. The lowest BCUT2D eigenvalue weighted by atomic mass is 9.76. The lowest BCUT2D eigenvalue weighted by Crippen LogP contribution is -2.28. The van der Waals surface area contributed by atoms with E-state index in [4.69, 9.17) is 28.4 Å². The second-order valence-electron chi connectivity index (χ2n) is 25.5. The molecule has 0 radical (unpaired) electrons. The Morgan fingerprint density at radius 3 is 1.12 bits per heavy atom. The van der Waals surface area contributed by atoms with Crippen molar-refractivity contribution in [1.29, 1.82) is 0 Å². The number of carbonyl (C=O) groups excluding carboxylic acids is 1. The number of methoxy groups -OCH3 is 1. The van der Waals surface area contributed by atoms with Gasteiger partial charge in [-0.05, 0) is 167 Å². The van der Waals surface area contributed by atoms with Gasteiger partial charge in [0.2, 0.25) is 0 Å². The Labute approximate surface area is 487 Å². The van der Waals surface area contributed by atoms with E-state index in [1.54, 1.807) is 0 Å². The van der Waals surface area contributed by atoms with Gasteiger partial charge in [0.1, 0.15) is 6.61 Å². The summed E-state index contributed by atoms with van der Waals surface area (Å²) in [4.78, 5) is 10.9. The Morgan fingerprint density at radius 1 is 0.461 bits per heavy atom. The third-order valence-corrected chi connectivity index (χ3v) is 12.2. The Morgan fingerprint density at radius 2 is 0.829 bits per heavy atom. The van der Waals surface area contributed by atoms with Gasteiger partial charge >= 0.3 is 0 Å². The monoisotopic (exact) mass is 1100 g/mol. The van der Waals surface area contributed by atoms with Crippen LogP contribution in [0.25, 0.3) is 0 Å². The molecule has 7 heteroatoms. The van der Waals surface area contributed by atoms with Gasteiger partial charge in [-0.25, -0.2) is 0 Å². The fourth-order valence-corrected chi connectivity index (χ4v) is 6.69. The van der Waals surface area contributed by atoms with Gasteiger partial charge in [-0.1, -0.05) is 201 Å². The van der Waals surface area contributed by atoms with Gasteiger partial charge in [-0.2, -0.15) is 0 Å². The summed E-state index contributed by atoms with van der Waals surface area (Å²) in [6.45, 7) is 66.4. The zero-order chi connectivity index (χ0) is 56.2. The van der Waals surface area contributed by atoms with Crippen LogP contribution in [0.15, 0.2) is 0 Å². The van der Waals surface area contributed by atoms with E-state index in [-0.39, 0.29) is 69.0 Å². The summed E-state index contributed by atoms with van der Waals surface area (Å²) in [6, 6.07) is 0. The fourth-order valence-electron chi connectivity index (χ4n) is 6.69. The van der Waals surface area contributed by atoms with Crippen LogP contribution in [0.4, 0.5) is 0 Å². The van der Waals surface area contributed by atoms with Crippen LogP contribution in [-0.4, -0.2) is 82.6 Å². The lowest BCUT2D eigenvalue weighted by Gasteiger charge is -2.32. The Bertz CT molecular complexity index is 980.